The molecule has 122 valence electrons. The van der Waals surface area contributed by atoms with Crippen molar-refractivity contribution in [3.8, 4) is 0 Å². The summed E-state index contributed by atoms with van der Waals surface area (Å²) in [6, 6.07) is 5.42. The first-order chi connectivity index (χ1) is 11.0. The van der Waals surface area contributed by atoms with Crippen LogP contribution in [0.4, 0.5) is 0 Å². The summed E-state index contributed by atoms with van der Waals surface area (Å²) < 4.78 is 0. The Morgan fingerprint density at radius 2 is 2.13 bits per heavy atom. The second-order valence-corrected chi connectivity index (χ2v) is 6.76. The molecule has 0 bridgehead atoms. The van der Waals surface area contributed by atoms with Gasteiger partial charge < -0.3 is 5.11 Å². The van der Waals surface area contributed by atoms with Gasteiger partial charge >= 0.3 is 0 Å². The van der Waals surface area contributed by atoms with Crippen molar-refractivity contribution in [1.29, 1.82) is 0 Å². The third-order valence-electron chi connectivity index (χ3n) is 5.23. The first-order valence-corrected chi connectivity index (χ1v) is 7.90. The molecule has 0 radical (unpaired) electrons. The maximum atomic E-state index is 12.7. The van der Waals surface area contributed by atoms with Crippen LogP contribution in [0.2, 0.25) is 0 Å². The molecular weight excluding hydrogens is 296 g/mol. The number of nitrogens with zero attached hydrogens (tertiary/aromatic N) is 4. The van der Waals surface area contributed by atoms with Gasteiger partial charge in [-0.1, -0.05) is 6.07 Å². The number of pyridine rings is 1. The number of hydrogen-bond donors (Lipinski definition) is 1. The lowest BCUT2D eigenvalue weighted by Crippen LogP contribution is -2.80. The average Bonchev–Trinajstić information content (AvgIpc) is 2.90. The van der Waals surface area contributed by atoms with Gasteiger partial charge in [-0.2, -0.15) is 0 Å². The molecule has 2 amide bonds. The van der Waals surface area contributed by atoms with Crippen molar-refractivity contribution < 1.29 is 14.7 Å². The summed E-state index contributed by atoms with van der Waals surface area (Å²) in [7, 11) is 1.55. The van der Waals surface area contributed by atoms with E-state index in [4.69, 9.17) is 0 Å². The van der Waals surface area contributed by atoms with Crippen LogP contribution in [0.3, 0.4) is 0 Å². The zero-order valence-corrected chi connectivity index (χ0v) is 13.1. The topological polar surface area (TPSA) is 77.0 Å². The van der Waals surface area contributed by atoms with Gasteiger partial charge in [0, 0.05) is 39.4 Å². The number of likely N-dealkylation sites (tertiary alicyclic amines) is 1. The van der Waals surface area contributed by atoms with Crippen LogP contribution in [-0.4, -0.2) is 81.0 Å². The normalized spacial score (nSPS) is 30.6. The molecule has 3 aliphatic heterocycles. The Hall–Kier alpha value is -1.83. The van der Waals surface area contributed by atoms with E-state index < -0.39 is 11.6 Å². The minimum absolute atomic E-state index is 0.148. The van der Waals surface area contributed by atoms with E-state index in [1.165, 1.54) is 4.90 Å². The maximum absolute atomic E-state index is 12.7. The second kappa shape index (κ2) is 5.09. The molecule has 0 saturated carbocycles. The molecule has 3 aliphatic rings. The lowest BCUT2D eigenvalue weighted by atomic mass is 9.82. The zero-order valence-electron chi connectivity index (χ0n) is 13.1. The van der Waals surface area contributed by atoms with E-state index in [1.54, 1.807) is 13.2 Å². The van der Waals surface area contributed by atoms with Crippen LogP contribution in [0, 0.1) is 0 Å². The molecule has 1 spiro atoms. The van der Waals surface area contributed by atoms with Gasteiger partial charge in [0.25, 0.3) is 5.91 Å². The fourth-order valence-electron chi connectivity index (χ4n) is 4.12. The summed E-state index contributed by atoms with van der Waals surface area (Å²) in [4.78, 5) is 34.7. The average molecular weight is 316 g/mol. The minimum Gasteiger partial charge on any atom is -0.392 e. The van der Waals surface area contributed by atoms with Gasteiger partial charge in [0.05, 0.1) is 17.8 Å². The van der Waals surface area contributed by atoms with Crippen molar-refractivity contribution >= 4 is 11.8 Å². The molecule has 0 aromatic carbocycles. The van der Waals surface area contributed by atoms with Crippen LogP contribution in [-0.2, 0) is 16.1 Å². The van der Waals surface area contributed by atoms with Crippen molar-refractivity contribution in [2.24, 2.45) is 0 Å². The molecular formula is C16H20N4O3. The number of aliphatic hydroxyl groups excluding tert-OH is 1. The molecule has 0 aliphatic carbocycles. The Morgan fingerprint density at radius 1 is 1.35 bits per heavy atom. The number of likely N-dealkylation sites (N-methyl/N-ethyl adjacent to an activating group) is 1. The van der Waals surface area contributed by atoms with E-state index in [0.717, 1.165) is 5.69 Å². The molecule has 7 heteroatoms. The third-order valence-corrected chi connectivity index (χ3v) is 5.23. The zero-order chi connectivity index (χ0) is 16.2. The molecule has 1 N–H and O–H groups in total. The number of piperazine rings is 1. The van der Waals surface area contributed by atoms with Gasteiger partial charge in [0.2, 0.25) is 5.91 Å². The van der Waals surface area contributed by atoms with Crippen molar-refractivity contribution in [2.75, 3.05) is 26.7 Å². The number of aliphatic hydroxyl groups is 1. The maximum Gasteiger partial charge on any atom is 0.252 e. The molecule has 3 fully saturated rings. The van der Waals surface area contributed by atoms with Gasteiger partial charge in [0.15, 0.2) is 0 Å². The van der Waals surface area contributed by atoms with Gasteiger partial charge in [-0.3, -0.25) is 29.3 Å². The predicted molar refractivity (Wildman–Crippen MR) is 81.1 cm³/mol. The Kier molecular flexibility index (Phi) is 3.26. The van der Waals surface area contributed by atoms with Gasteiger partial charge in [0.1, 0.15) is 5.54 Å². The van der Waals surface area contributed by atoms with Crippen molar-refractivity contribution in [3.05, 3.63) is 30.1 Å². The van der Waals surface area contributed by atoms with E-state index in [-0.39, 0.29) is 17.9 Å². The van der Waals surface area contributed by atoms with Crippen LogP contribution in [0.5, 0.6) is 0 Å². The number of carbonyl (C=O) groups is 2. The van der Waals surface area contributed by atoms with E-state index in [0.29, 0.717) is 32.6 Å². The molecule has 23 heavy (non-hydrogen) atoms. The highest BCUT2D eigenvalue weighted by molar-refractivity contribution is 6.05. The summed E-state index contributed by atoms with van der Waals surface area (Å²) in [5.41, 5.74) is 0.299. The molecule has 0 unspecified atom stereocenters. The molecule has 4 heterocycles. The SMILES string of the molecule is CN1C(=O)[C@@H]2C[C@@H](O)CN2C2(CN(Cc3ccccn3)C2)C1=O. The molecule has 4 rings (SSSR count). The Morgan fingerprint density at radius 3 is 2.83 bits per heavy atom. The minimum atomic E-state index is -0.667. The van der Waals surface area contributed by atoms with E-state index in [1.807, 2.05) is 23.1 Å². The van der Waals surface area contributed by atoms with Crippen LogP contribution >= 0.6 is 0 Å². The molecule has 7 nitrogen and oxygen atoms in total. The smallest absolute Gasteiger partial charge is 0.252 e. The number of aromatic nitrogens is 1. The van der Waals surface area contributed by atoms with Gasteiger partial charge in [-0.15, -0.1) is 0 Å². The Balaban J connectivity index is 1.54. The summed E-state index contributed by atoms with van der Waals surface area (Å²) in [6.07, 6.45) is 1.64. The van der Waals surface area contributed by atoms with Crippen LogP contribution in [0.15, 0.2) is 24.4 Å². The number of carbonyl (C=O) groups excluding carboxylic acids is 2. The lowest BCUT2D eigenvalue weighted by molar-refractivity contribution is -0.178. The highest BCUT2D eigenvalue weighted by Crippen LogP contribution is 2.40. The Bertz CT molecular complexity index is 644. The lowest BCUT2D eigenvalue weighted by Gasteiger charge is -2.58. The van der Waals surface area contributed by atoms with Crippen LogP contribution in [0.25, 0.3) is 0 Å². The Labute approximate surface area is 134 Å². The fraction of sp³-hybridized carbons (Fsp3) is 0.562. The summed E-state index contributed by atoms with van der Waals surface area (Å²) in [6.45, 7) is 2.23. The van der Waals surface area contributed by atoms with Crippen LogP contribution in [0.1, 0.15) is 12.1 Å². The molecule has 1 aromatic rings. The molecule has 1 aromatic heterocycles. The van der Waals surface area contributed by atoms with Crippen LogP contribution < -0.4 is 0 Å². The number of amides is 2. The van der Waals surface area contributed by atoms with E-state index >= 15 is 0 Å². The number of β-amino-alcohol motifs (C(OH)–C–C–N with tert-alkyl or cyclic N) is 1. The highest BCUT2D eigenvalue weighted by Gasteiger charge is 2.63. The number of fused-ring (bicyclic) bond motifs is 2. The second-order valence-electron chi connectivity index (χ2n) is 6.76. The first kappa shape index (κ1) is 14.7. The third kappa shape index (κ3) is 2.11. The molecule has 3 saturated heterocycles. The first-order valence-electron chi connectivity index (χ1n) is 7.90. The standard InChI is InChI=1S/C16H20N4O3/c1-18-14(22)13-6-12(21)8-20(13)16(15(18)23)9-19(10-16)7-11-4-2-3-5-17-11/h2-5,12-13,21H,6-10H2,1H3/t12-,13+/m1/s1. The summed E-state index contributed by atoms with van der Waals surface area (Å²) in [5.74, 6) is -0.342. The van der Waals surface area contributed by atoms with Crippen molar-refractivity contribution in [3.63, 3.8) is 0 Å². The largest absolute Gasteiger partial charge is 0.392 e. The number of imide groups is 1. The fourth-order valence-corrected chi connectivity index (χ4v) is 4.12. The highest BCUT2D eigenvalue weighted by atomic mass is 16.3. The van der Waals surface area contributed by atoms with Crippen molar-refractivity contribution in [2.45, 2.75) is 30.7 Å². The van der Waals surface area contributed by atoms with E-state index in [2.05, 4.69) is 9.88 Å². The van der Waals surface area contributed by atoms with Gasteiger partial charge in [-0.25, -0.2) is 0 Å². The monoisotopic (exact) mass is 316 g/mol. The van der Waals surface area contributed by atoms with E-state index in [9.17, 15) is 14.7 Å². The summed E-state index contributed by atoms with van der Waals surface area (Å²) >= 11 is 0. The van der Waals surface area contributed by atoms with Gasteiger partial charge in [-0.05, 0) is 18.6 Å². The number of hydrogen-bond acceptors (Lipinski definition) is 6. The molecule has 2 atom stereocenters. The summed E-state index contributed by atoms with van der Waals surface area (Å²) in [5, 5.41) is 9.96. The quantitative estimate of drug-likeness (QED) is 0.711. The number of rotatable bonds is 2. The predicted octanol–water partition coefficient (Wildman–Crippen LogP) is -0.930. The van der Waals surface area contributed by atoms with Crippen molar-refractivity contribution in [1.82, 2.24) is 19.7 Å².